The smallest absolute Gasteiger partial charge is 0.305 e. The maximum Gasteiger partial charge on any atom is 0.305 e. The first kappa shape index (κ1) is 21.0. The summed E-state index contributed by atoms with van der Waals surface area (Å²) in [5.41, 5.74) is 1.43. The Morgan fingerprint density at radius 2 is 1.96 bits per heavy atom. The minimum absolute atomic E-state index is 0.107. The summed E-state index contributed by atoms with van der Waals surface area (Å²) in [5, 5.41) is 0.965. The van der Waals surface area contributed by atoms with Crippen molar-refractivity contribution in [3.63, 3.8) is 0 Å². The summed E-state index contributed by atoms with van der Waals surface area (Å²) in [5.74, 6) is 0.281. The fraction of sp³-hybridized carbons (Fsp3) is 0.667. The van der Waals surface area contributed by atoms with Gasteiger partial charge in [-0.3, -0.25) is 4.79 Å². The standard InChI is InChI=1S/C21H33ClO2/c1-3-4-5-6-7-10-13-18-16-20(22)17-19(18)14-11-8-9-12-15-21(23)24-2/h10,13-14,16,18H,3-9,11-12,15,17H2,1-2H3/t18-/m1/s1. The molecule has 0 aromatic rings. The van der Waals surface area contributed by atoms with Crippen molar-refractivity contribution in [1.29, 1.82) is 0 Å². The van der Waals surface area contributed by atoms with E-state index in [1.54, 1.807) is 0 Å². The molecular formula is C21H33ClO2. The van der Waals surface area contributed by atoms with E-state index < -0.39 is 0 Å². The van der Waals surface area contributed by atoms with Crippen molar-refractivity contribution >= 4 is 17.6 Å². The number of carbonyl (C=O) groups excluding carboxylic acids is 1. The van der Waals surface area contributed by atoms with Crippen LogP contribution in [0.25, 0.3) is 0 Å². The minimum Gasteiger partial charge on any atom is -0.469 e. The van der Waals surface area contributed by atoms with Gasteiger partial charge in [-0.1, -0.05) is 74.1 Å². The van der Waals surface area contributed by atoms with Crippen molar-refractivity contribution in [2.75, 3.05) is 7.11 Å². The van der Waals surface area contributed by atoms with Crippen molar-refractivity contribution in [2.24, 2.45) is 5.92 Å². The van der Waals surface area contributed by atoms with Crippen molar-refractivity contribution in [3.05, 3.63) is 34.9 Å². The molecule has 0 aliphatic heterocycles. The molecule has 3 heteroatoms. The monoisotopic (exact) mass is 352 g/mol. The number of allylic oxidation sites excluding steroid dienone is 6. The van der Waals surface area contributed by atoms with Crippen LogP contribution in [-0.4, -0.2) is 13.1 Å². The zero-order valence-corrected chi connectivity index (χ0v) is 16.1. The van der Waals surface area contributed by atoms with E-state index in [0.717, 1.165) is 37.1 Å². The molecule has 0 spiro atoms. The van der Waals surface area contributed by atoms with Gasteiger partial charge in [-0.15, -0.1) is 0 Å². The highest BCUT2D eigenvalue weighted by atomic mass is 35.5. The number of hydrogen-bond donors (Lipinski definition) is 0. The Hall–Kier alpha value is -1.02. The predicted octanol–water partition coefficient (Wildman–Crippen LogP) is 6.71. The molecule has 0 saturated heterocycles. The molecule has 0 fully saturated rings. The van der Waals surface area contributed by atoms with E-state index in [1.807, 2.05) is 0 Å². The highest BCUT2D eigenvalue weighted by molar-refractivity contribution is 6.30. The van der Waals surface area contributed by atoms with Gasteiger partial charge in [0.05, 0.1) is 7.11 Å². The van der Waals surface area contributed by atoms with Crippen LogP contribution in [0.1, 0.15) is 77.6 Å². The van der Waals surface area contributed by atoms with Gasteiger partial charge < -0.3 is 4.74 Å². The number of halogens is 1. The van der Waals surface area contributed by atoms with Crippen LogP contribution >= 0.6 is 11.6 Å². The van der Waals surface area contributed by atoms with Gasteiger partial charge in [0.25, 0.3) is 0 Å². The van der Waals surface area contributed by atoms with Crippen LogP contribution in [0.4, 0.5) is 0 Å². The van der Waals surface area contributed by atoms with Crippen LogP contribution in [0.5, 0.6) is 0 Å². The molecule has 0 unspecified atom stereocenters. The van der Waals surface area contributed by atoms with Crippen LogP contribution in [0.3, 0.4) is 0 Å². The van der Waals surface area contributed by atoms with Crippen molar-refractivity contribution in [1.82, 2.24) is 0 Å². The second kappa shape index (κ2) is 13.3. The summed E-state index contributed by atoms with van der Waals surface area (Å²) in [6.45, 7) is 2.24. The highest BCUT2D eigenvalue weighted by Crippen LogP contribution is 2.33. The molecule has 0 heterocycles. The zero-order chi connectivity index (χ0) is 17.6. The second-order valence-corrected chi connectivity index (χ2v) is 7.03. The Bertz CT molecular complexity index is 449. The largest absolute Gasteiger partial charge is 0.469 e. The Labute approximate surface area is 153 Å². The van der Waals surface area contributed by atoms with Gasteiger partial charge in [0, 0.05) is 23.8 Å². The molecule has 0 N–H and O–H groups in total. The summed E-state index contributed by atoms with van der Waals surface area (Å²) >= 11 is 6.23. The molecule has 24 heavy (non-hydrogen) atoms. The van der Waals surface area contributed by atoms with Crippen LogP contribution in [0.2, 0.25) is 0 Å². The number of rotatable bonds is 12. The normalized spacial score (nSPS) is 19.2. The molecule has 0 aromatic carbocycles. The lowest BCUT2D eigenvalue weighted by molar-refractivity contribution is -0.140. The molecule has 0 saturated carbocycles. The number of carbonyl (C=O) groups is 1. The van der Waals surface area contributed by atoms with Gasteiger partial charge in [-0.25, -0.2) is 0 Å². The van der Waals surface area contributed by atoms with Crippen LogP contribution in [0.15, 0.2) is 34.9 Å². The van der Waals surface area contributed by atoms with E-state index >= 15 is 0 Å². The molecule has 136 valence electrons. The number of esters is 1. The molecular weight excluding hydrogens is 320 g/mol. The topological polar surface area (TPSA) is 26.3 Å². The van der Waals surface area contributed by atoms with E-state index in [2.05, 4.69) is 36.0 Å². The van der Waals surface area contributed by atoms with Crippen molar-refractivity contribution in [3.8, 4) is 0 Å². The van der Waals surface area contributed by atoms with Crippen molar-refractivity contribution < 1.29 is 9.53 Å². The van der Waals surface area contributed by atoms with Crippen LogP contribution < -0.4 is 0 Å². The van der Waals surface area contributed by atoms with Crippen molar-refractivity contribution in [2.45, 2.75) is 77.6 Å². The molecule has 0 amide bonds. The third kappa shape index (κ3) is 9.32. The summed E-state index contributed by atoms with van der Waals surface area (Å²) in [4.78, 5) is 11.1. The van der Waals surface area contributed by atoms with E-state index in [1.165, 1.54) is 44.8 Å². The average Bonchev–Trinajstić information content (AvgIpc) is 2.93. The predicted molar refractivity (Wildman–Crippen MR) is 103 cm³/mol. The lowest BCUT2D eigenvalue weighted by Gasteiger charge is -2.06. The van der Waals surface area contributed by atoms with Gasteiger partial charge in [-0.2, -0.15) is 0 Å². The molecule has 0 bridgehead atoms. The Morgan fingerprint density at radius 1 is 1.21 bits per heavy atom. The summed E-state index contributed by atoms with van der Waals surface area (Å²) in [7, 11) is 1.45. The molecule has 1 rings (SSSR count). The van der Waals surface area contributed by atoms with Gasteiger partial charge in [0.15, 0.2) is 0 Å². The fourth-order valence-corrected chi connectivity index (χ4v) is 3.26. The Balaban J connectivity index is 2.26. The zero-order valence-electron chi connectivity index (χ0n) is 15.4. The fourth-order valence-electron chi connectivity index (χ4n) is 2.97. The van der Waals surface area contributed by atoms with Gasteiger partial charge in [0.1, 0.15) is 0 Å². The van der Waals surface area contributed by atoms with E-state index in [0.29, 0.717) is 12.3 Å². The van der Waals surface area contributed by atoms with Gasteiger partial charge >= 0.3 is 5.97 Å². The molecule has 1 aliphatic carbocycles. The Kier molecular flexibility index (Phi) is 11.6. The van der Waals surface area contributed by atoms with Crippen LogP contribution in [0, 0.1) is 5.92 Å². The molecule has 2 nitrogen and oxygen atoms in total. The third-order valence-electron chi connectivity index (χ3n) is 4.45. The molecule has 0 aromatic heterocycles. The molecule has 1 aliphatic rings. The SMILES string of the molecule is CCCCCCC=C[C@@H]1C=C(Cl)CC1=CCCCCCC(=O)OC. The van der Waals surface area contributed by atoms with E-state index in [9.17, 15) is 4.79 Å². The maximum atomic E-state index is 11.1. The van der Waals surface area contributed by atoms with E-state index in [-0.39, 0.29) is 5.97 Å². The third-order valence-corrected chi connectivity index (χ3v) is 4.71. The molecule has 0 radical (unpaired) electrons. The lowest BCUT2D eigenvalue weighted by atomic mass is 9.99. The van der Waals surface area contributed by atoms with Crippen LogP contribution in [-0.2, 0) is 9.53 Å². The average molecular weight is 353 g/mol. The molecule has 1 atom stereocenters. The Morgan fingerprint density at radius 3 is 2.71 bits per heavy atom. The summed E-state index contributed by atoms with van der Waals surface area (Å²) in [6.07, 6.45) is 21.1. The highest BCUT2D eigenvalue weighted by Gasteiger charge is 2.17. The first-order valence-corrected chi connectivity index (χ1v) is 9.83. The number of hydrogen-bond acceptors (Lipinski definition) is 2. The summed E-state index contributed by atoms with van der Waals surface area (Å²) < 4.78 is 4.65. The number of methoxy groups -OCH3 is 1. The number of unbranched alkanes of at least 4 members (excludes halogenated alkanes) is 7. The lowest BCUT2D eigenvalue weighted by Crippen LogP contribution is -1.99. The first-order chi connectivity index (χ1) is 11.7. The quantitative estimate of drug-likeness (QED) is 0.222. The van der Waals surface area contributed by atoms with E-state index in [4.69, 9.17) is 11.6 Å². The number of ether oxygens (including phenoxy) is 1. The van der Waals surface area contributed by atoms with Gasteiger partial charge in [0.2, 0.25) is 0 Å². The van der Waals surface area contributed by atoms with Gasteiger partial charge in [-0.05, 0) is 32.1 Å². The summed E-state index contributed by atoms with van der Waals surface area (Å²) in [6, 6.07) is 0. The second-order valence-electron chi connectivity index (χ2n) is 6.55. The minimum atomic E-state index is -0.107. The maximum absolute atomic E-state index is 11.1. The first-order valence-electron chi connectivity index (χ1n) is 9.46.